The summed E-state index contributed by atoms with van der Waals surface area (Å²) >= 11 is 0. The van der Waals surface area contributed by atoms with Crippen molar-refractivity contribution in [1.29, 1.82) is 0 Å². The molecule has 0 spiro atoms. The van der Waals surface area contributed by atoms with Crippen LogP contribution in [0.5, 0.6) is 0 Å². The Labute approximate surface area is 298 Å². The lowest BCUT2D eigenvalue weighted by molar-refractivity contribution is -0.253. The fourth-order valence-corrected chi connectivity index (χ4v) is 6.53. The lowest BCUT2D eigenvalue weighted by Crippen LogP contribution is -2.38. The summed E-state index contributed by atoms with van der Waals surface area (Å²) in [5.74, 6) is -0.267. The third-order valence-corrected chi connectivity index (χ3v) is 9.63. The molecule has 0 aliphatic carbocycles. The summed E-state index contributed by atoms with van der Waals surface area (Å²) in [7, 11) is 2.14. The van der Waals surface area contributed by atoms with E-state index in [2.05, 4.69) is 94.8 Å². The van der Waals surface area contributed by atoms with Gasteiger partial charge in [0.05, 0.1) is 36.0 Å². The number of aliphatic hydroxyl groups is 1. The van der Waals surface area contributed by atoms with Crippen LogP contribution >= 0.6 is 0 Å². The number of aromatic nitrogens is 2. The average Bonchev–Trinajstić information content (AvgIpc) is 3.19. The van der Waals surface area contributed by atoms with Crippen molar-refractivity contribution >= 4 is 16.9 Å². The van der Waals surface area contributed by atoms with Crippen LogP contribution in [-0.4, -0.2) is 45.6 Å². The molecule has 1 saturated heterocycles. The molecular formula is C43H42N4O4. The van der Waals surface area contributed by atoms with Gasteiger partial charge in [0.2, 0.25) is 0 Å². The number of ether oxygens (including phenoxy) is 2. The van der Waals surface area contributed by atoms with E-state index < -0.39 is 6.29 Å². The molecule has 0 saturated carbocycles. The number of amides is 1. The van der Waals surface area contributed by atoms with Crippen LogP contribution in [0.2, 0.25) is 0 Å². The number of fused-ring (bicyclic) bond motifs is 1. The normalized spacial score (nSPS) is 18.1. The SMILES string of the molecule is C[C@@H](c1ccccc1)N(C)C[C@@H]1C[C@H](c2ccc(CO)cc2)O[C@H](c2ccc(-c3cccc(CNC(=O)c4cnc5ccccc5n4)c3)cc2)O1. The summed E-state index contributed by atoms with van der Waals surface area (Å²) in [5, 5.41) is 12.6. The first-order valence-electron chi connectivity index (χ1n) is 17.4. The second-order valence-electron chi connectivity index (χ2n) is 13.1. The zero-order valence-electron chi connectivity index (χ0n) is 28.9. The maximum absolute atomic E-state index is 12.9. The molecule has 258 valence electrons. The second-order valence-corrected chi connectivity index (χ2v) is 13.1. The van der Waals surface area contributed by atoms with Crippen molar-refractivity contribution in [1.82, 2.24) is 20.2 Å². The molecule has 1 aliphatic rings. The molecule has 1 aliphatic heterocycles. The molecule has 7 rings (SSSR count). The van der Waals surface area contributed by atoms with Crippen LogP contribution in [0.3, 0.4) is 0 Å². The van der Waals surface area contributed by atoms with E-state index in [4.69, 9.17) is 9.47 Å². The molecule has 1 amide bonds. The topological polar surface area (TPSA) is 96.8 Å². The number of carbonyl (C=O) groups is 1. The third kappa shape index (κ3) is 8.22. The van der Waals surface area contributed by atoms with Gasteiger partial charge in [0.1, 0.15) is 5.69 Å². The molecule has 1 fully saturated rings. The van der Waals surface area contributed by atoms with Crippen LogP contribution in [0.15, 0.2) is 134 Å². The quantitative estimate of drug-likeness (QED) is 0.144. The number of rotatable bonds is 11. The van der Waals surface area contributed by atoms with E-state index in [-0.39, 0.29) is 36.5 Å². The average molecular weight is 679 g/mol. The highest BCUT2D eigenvalue weighted by atomic mass is 16.7. The van der Waals surface area contributed by atoms with Gasteiger partial charge in [-0.15, -0.1) is 0 Å². The molecule has 0 bridgehead atoms. The molecule has 1 aromatic heterocycles. The van der Waals surface area contributed by atoms with Gasteiger partial charge in [-0.2, -0.15) is 0 Å². The Morgan fingerprint density at radius 1 is 0.824 bits per heavy atom. The van der Waals surface area contributed by atoms with Crippen molar-refractivity contribution in [3.05, 3.63) is 167 Å². The standard InChI is InChI=1S/C43H42N4O4/c1-29(32-10-4-3-5-11-32)47(2)27-37-24-41(34-17-15-30(28-48)16-18-34)51-43(50-37)35-21-19-33(20-22-35)36-12-8-9-31(23-36)25-45-42(49)40-26-44-38-13-6-7-14-39(38)46-40/h3-23,26,29,37,41,43,48H,24-25,27-28H2,1-2H3,(H,45,49)/t29-,37-,41+,43+/m0/s1. The summed E-state index contributed by atoms with van der Waals surface area (Å²) in [6.07, 6.45) is 1.47. The Bertz CT molecular complexity index is 2070. The van der Waals surface area contributed by atoms with E-state index in [1.54, 1.807) is 0 Å². The number of benzene rings is 5. The van der Waals surface area contributed by atoms with Crippen molar-refractivity contribution in [2.45, 2.75) is 51.0 Å². The zero-order valence-corrected chi connectivity index (χ0v) is 28.9. The molecule has 8 nitrogen and oxygen atoms in total. The van der Waals surface area contributed by atoms with Gasteiger partial charge in [-0.05, 0) is 65.6 Å². The molecule has 4 atom stereocenters. The number of hydrogen-bond acceptors (Lipinski definition) is 7. The Hall–Kier alpha value is -5.25. The molecule has 8 heteroatoms. The molecule has 2 heterocycles. The van der Waals surface area contributed by atoms with Crippen molar-refractivity contribution in [2.24, 2.45) is 0 Å². The highest BCUT2D eigenvalue weighted by Gasteiger charge is 2.33. The predicted molar refractivity (Wildman–Crippen MR) is 198 cm³/mol. The first kappa shape index (κ1) is 34.2. The van der Waals surface area contributed by atoms with Gasteiger partial charge in [0.25, 0.3) is 5.91 Å². The molecule has 0 radical (unpaired) electrons. The minimum atomic E-state index is -0.541. The van der Waals surface area contributed by atoms with Crippen molar-refractivity contribution in [2.75, 3.05) is 13.6 Å². The number of likely N-dealkylation sites (N-methyl/N-ethyl adjacent to an activating group) is 1. The van der Waals surface area contributed by atoms with E-state index >= 15 is 0 Å². The summed E-state index contributed by atoms with van der Waals surface area (Å²) in [5.41, 5.74) is 8.94. The predicted octanol–water partition coefficient (Wildman–Crippen LogP) is 7.96. The van der Waals surface area contributed by atoms with Gasteiger partial charge >= 0.3 is 0 Å². The van der Waals surface area contributed by atoms with Gasteiger partial charge in [0, 0.05) is 31.1 Å². The van der Waals surface area contributed by atoms with Gasteiger partial charge in [-0.25, -0.2) is 4.98 Å². The summed E-state index contributed by atoms with van der Waals surface area (Å²) < 4.78 is 13.3. The molecule has 51 heavy (non-hydrogen) atoms. The summed E-state index contributed by atoms with van der Waals surface area (Å²) in [6.45, 7) is 3.34. The van der Waals surface area contributed by atoms with Crippen molar-refractivity contribution in [3.8, 4) is 11.1 Å². The summed E-state index contributed by atoms with van der Waals surface area (Å²) in [4.78, 5) is 24.0. The molecular weight excluding hydrogens is 636 g/mol. The van der Waals surface area contributed by atoms with E-state index in [0.29, 0.717) is 12.1 Å². The lowest BCUT2D eigenvalue weighted by atomic mass is 9.98. The van der Waals surface area contributed by atoms with E-state index in [1.807, 2.05) is 66.7 Å². The van der Waals surface area contributed by atoms with Gasteiger partial charge < -0.3 is 19.9 Å². The van der Waals surface area contributed by atoms with Crippen LogP contribution < -0.4 is 5.32 Å². The van der Waals surface area contributed by atoms with Crippen LogP contribution in [0.25, 0.3) is 22.2 Å². The van der Waals surface area contributed by atoms with E-state index in [0.717, 1.165) is 51.9 Å². The maximum atomic E-state index is 12.9. The largest absolute Gasteiger partial charge is 0.392 e. The van der Waals surface area contributed by atoms with Crippen LogP contribution in [0.4, 0.5) is 0 Å². The second kappa shape index (κ2) is 15.7. The number of aliphatic hydroxyl groups excluding tert-OH is 1. The molecule has 6 aromatic rings. The van der Waals surface area contributed by atoms with Crippen molar-refractivity contribution < 1.29 is 19.4 Å². The number of hydrogen-bond donors (Lipinski definition) is 2. The van der Waals surface area contributed by atoms with Crippen LogP contribution in [0, 0.1) is 0 Å². The number of nitrogens with one attached hydrogen (secondary N) is 1. The van der Waals surface area contributed by atoms with E-state index in [9.17, 15) is 9.90 Å². The lowest BCUT2D eigenvalue weighted by Gasteiger charge is -2.39. The Morgan fingerprint density at radius 3 is 2.31 bits per heavy atom. The first-order valence-corrected chi connectivity index (χ1v) is 17.4. The Morgan fingerprint density at radius 2 is 1.55 bits per heavy atom. The van der Waals surface area contributed by atoms with Crippen LogP contribution in [-0.2, 0) is 22.6 Å². The minimum absolute atomic E-state index is 0.00669. The zero-order chi connectivity index (χ0) is 35.2. The minimum Gasteiger partial charge on any atom is -0.392 e. The number of carbonyl (C=O) groups excluding carboxylic acids is 1. The summed E-state index contributed by atoms with van der Waals surface area (Å²) in [6, 6.07) is 42.7. The fraction of sp³-hybridized carbons (Fsp3) is 0.233. The number of para-hydroxylation sites is 2. The van der Waals surface area contributed by atoms with Gasteiger partial charge in [-0.3, -0.25) is 14.7 Å². The number of nitrogens with zero attached hydrogens (tertiary/aromatic N) is 3. The smallest absolute Gasteiger partial charge is 0.271 e. The Balaban J connectivity index is 1.04. The van der Waals surface area contributed by atoms with Gasteiger partial charge in [0.15, 0.2) is 6.29 Å². The fourth-order valence-electron chi connectivity index (χ4n) is 6.53. The molecule has 2 N–H and O–H groups in total. The monoisotopic (exact) mass is 678 g/mol. The van der Waals surface area contributed by atoms with Crippen LogP contribution in [0.1, 0.15) is 70.1 Å². The van der Waals surface area contributed by atoms with Crippen molar-refractivity contribution in [3.63, 3.8) is 0 Å². The molecule has 0 unspecified atom stereocenters. The highest BCUT2D eigenvalue weighted by molar-refractivity contribution is 5.93. The Kier molecular flexibility index (Phi) is 10.6. The maximum Gasteiger partial charge on any atom is 0.271 e. The third-order valence-electron chi connectivity index (χ3n) is 9.63. The molecule has 5 aromatic carbocycles. The first-order chi connectivity index (χ1) is 24.9. The van der Waals surface area contributed by atoms with Gasteiger partial charge in [-0.1, -0.05) is 109 Å². The highest BCUT2D eigenvalue weighted by Crippen LogP contribution is 2.39. The van der Waals surface area contributed by atoms with E-state index in [1.165, 1.54) is 11.8 Å².